The predicted octanol–water partition coefficient (Wildman–Crippen LogP) is 14.8. The molecule has 5 rings (SSSR count). The molecule has 0 heterocycles. The number of benzene rings is 4. The summed E-state index contributed by atoms with van der Waals surface area (Å²) in [5, 5.41) is 0. The van der Waals surface area contributed by atoms with E-state index in [1.54, 1.807) is 69.3 Å². The number of esters is 4. The molecule has 0 aromatic heterocycles. The fourth-order valence-corrected chi connectivity index (χ4v) is 11.3. The molecule has 0 N–H and O–H groups in total. The molecule has 0 saturated heterocycles. The van der Waals surface area contributed by atoms with Crippen molar-refractivity contribution in [2.45, 2.75) is 222 Å². The van der Waals surface area contributed by atoms with Gasteiger partial charge in [0.2, 0.25) is 0 Å². The molecule has 1 aliphatic rings. The molecule has 19 heteroatoms. The Hall–Kier alpha value is -8.61. The first-order chi connectivity index (χ1) is 47.2. The van der Waals surface area contributed by atoms with Crippen LogP contribution >= 0.6 is 0 Å². The fourth-order valence-electron chi connectivity index (χ4n) is 11.3. The van der Waals surface area contributed by atoms with Crippen LogP contribution in [0, 0.1) is 0 Å². The molecule has 4 aromatic carbocycles. The lowest BCUT2D eigenvalue weighted by Gasteiger charge is -2.25. The quantitative estimate of drug-likeness (QED) is 0.00875. The van der Waals surface area contributed by atoms with Crippen molar-refractivity contribution in [2.24, 2.45) is 0 Å². The van der Waals surface area contributed by atoms with E-state index >= 15 is 0 Å². The number of hydrogen-bond donors (Lipinski definition) is 0. The van der Waals surface area contributed by atoms with Gasteiger partial charge in [0.05, 0.1) is 0 Å². The highest BCUT2D eigenvalue weighted by molar-refractivity contribution is 6.00. The molecule has 0 atom stereocenters. The zero-order chi connectivity index (χ0) is 71.5. The van der Waals surface area contributed by atoms with Gasteiger partial charge in [0, 0.05) is 98.5 Å². The third-order valence-electron chi connectivity index (χ3n) is 16.7. The molecule has 4 aromatic rings. The predicted molar refractivity (Wildman–Crippen MR) is 371 cm³/mol. The molecule has 98 heavy (non-hydrogen) atoms. The van der Waals surface area contributed by atoms with Crippen LogP contribution < -0.4 is 18.9 Å². The number of ketones is 7. The summed E-state index contributed by atoms with van der Waals surface area (Å²) in [7, 11) is 0. The van der Waals surface area contributed by atoms with Crippen molar-refractivity contribution < 1.29 is 90.6 Å². The Morgan fingerprint density at radius 2 is 0.531 bits per heavy atom. The van der Waals surface area contributed by atoms with Crippen LogP contribution in [0.3, 0.4) is 0 Å². The second-order valence-electron chi connectivity index (χ2n) is 24.9. The number of rotatable bonds is 46. The molecule has 0 amide bonds. The molecule has 8 bridgehead atoms. The second kappa shape index (κ2) is 42.9. The molecular formula is C79H102O19. The zero-order valence-corrected chi connectivity index (χ0v) is 59.1. The normalized spacial score (nSPS) is 11.6. The van der Waals surface area contributed by atoms with Crippen molar-refractivity contribution in [1.29, 1.82) is 0 Å². The maximum atomic E-state index is 14.8. The van der Waals surface area contributed by atoms with E-state index in [0.29, 0.717) is 92.4 Å². The molecule has 0 aliphatic heterocycles. The summed E-state index contributed by atoms with van der Waals surface area (Å²) in [6.45, 7) is 16.3. The topological polar surface area (TPSA) is 262 Å². The zero-order valence-electron chi connectivity index (χ0n) is 59.1. The Bertz CT molecular complexity index is 3300. The maximum Gasteiger partial charge on any atom is 0.333 e. The molecular weight excluding hydrogens is 1250 g/mol. The first-order valence-corrected chi connectivity index (χ1v) is 35.3. The van der Waals surface area contributed by atoms with E-state index in [1.807, 2.05) is 27.7 Å². The first-order valence-electron chi connectivity index (χ1n) is 35.3. The van der Waals surface area contributed by atoms with Gasteiger partial charge in [0.25, 0.3) is 0 Å². The van der Waals surface area contributed by atoms with E-state index < -0.39 is 43.1 Å². The number of carbonyl (C=O) groups excluding carboxylic acids is 11. The van der Waals surface area contributed by atoms with Gasteiger partial charge in [-0.05, 0) is 126 Å². The van der Waals surface area contributed by atoms with E-state index in [1.165, 1.54) is 6.92 Å². The monoisotopic (exact) mass is 1350 g/mol. The van der Waals surface area contributed by atoms with Gasteiger partial charge in [0.15, 0.2) is 23.1 Å². The van der Waals surface area contributed by atoms with Gasteiger partial charge in [-0.3, -0.25) is 47.9 Å². The van der Waals surface area contributed by atoms with Gasteiger partial charge in [-0.25, -0.2) is 4.79 Å². The lowest BCUT2D eigenvalue weighted by Crippen LogP contribution is -2.18. The van der Waals surface area contributed by atoms with E-state index in [0.717, 1.165) is 51.4 Å². The highest BCUT2D eigenvalue weighted by atomic mass is 16.6. The molecule has 1 aliphatic carbocycles. The number of ether oxygens (including phenoxy) is 8. The fraction of sp³-hybridized carbons (Fsp3) is 0.532. The van der Waals surface area contributed by atoms with E-state index in [2.05, 4.69) is 6.58 Å². The van der Waals surface area contributed by atoms with Gasteiger partial charge >= 0.3 is 23.9 Å². The van der Waals surface area contributed by atoms with Gasteiger partial charge in [-0.1, -0.05) is 106 Å². The van der Waals surface area contributed by atoms with Crippen molar-refractivity contribution >= 4 is 64.4 Å². The van der Waals surface area contributed by atoms with Crippen LogP contribution in [0.15, 0.2) is 60.7 Å². The molecule has 0 radical (unpaired) electrons. The van der Waals surface area contributed by atoms with Crippen LogP contribution in [0.1, 0.15) is 283 Å². The van der Waals surface area contributed by atoms with E-state index in [4.69, 9.17) is 37.9 Å². The molecule has 0 fully saturated rings. The van der Waals surface area contributed by atoms with Gasteiger partial charge in [0.1, 0.15) is 112 Å². The van der Waals surface area contributed by atoms with Crippen molar-refractivity contribution in [3.8, 4) is 23.0 Å². The molecule has 532 valence electrons. The van der Waals surface area contributed by atoms with Crippen molar-refractivity contribution in [2.75, 3.05) is 52.9 Å². The summed E-state index contributed by atoms with van der Waals surface area (Å²) in [4.78, 5) is 148. The Kier molecular flexibility index (Phi) is 35.1. The highest BCUT2D eigenvalue weighted by Gasteiger charge is 2.29. The summed E-state index contributed by atoms with van der Waals surface area (Å²) < 4.78 is 49.5. The third-order valence-corrected chi connectivity index (χ3v) is 16.7. The lowest BCUT2D eigenvalue weighted by atomic mass is 9.86. The molecule has 0 saturated carbocycles. The lowest BCUT2D eigenvalue weighted by molar-refractivity contribution is -0.148. The average Bonchev–Trinajstić information content (AvgIpc) is 0.772. The summed E-state index contributed by atoms with van der Waals surface area (Å²) in [6.07, 6.45) is 8.36. The summed E-state index contributed by atoms with van der Waals surface area (Å²) >= 11 is 0. The van der Waals surface area contributed by atoms with E-state index in [-0.39, 0.29) is 193 Å². The third kappa shape index (κ3) is 26.3. The van der Waals surface area contributed by atoms with E-state index in [9.17, 15) is 52.7 Å². The van der Waals surface area contributed by atoms with Crippen LogP contribution in [0.5, 0.6) is 23.0 Å². The van der Waals surface area contributed by atoms with Crippen LogP contribution in [0.4, 0.5) is 0 Å². The highest BCUT2D eigenvalue weighted by Crippen LogP contribution is 2.42. The Labute approximate surface area is 578 Å². The smallest absolute Gasteiger partial charge is 0.333 e. The average molecular weight is 1360 g/mol. The number of fused-ring (bicyclic) bond motifs is 8. The van der Waals surface area contributed by atoms with Gasteiger partial charge < -0.3 is 37.9 Å². The molecule has 0 spiro atoms. The first kappa shape index (κ1) is 80.1. The number of hydrogen-bond acceptors (Lipinski definition) is 19. The van der Waals surface area contributed by atoms with Crippen LogP contribution in [-0.2, 0) is 78.2 Å². The minimum atomic E-state index is -0.747. The Balaban J connectivity index is 2.02. The number of unbranched alkanes of at least 4 members (excludes halogenated alkanes) is 8. The van der Waals surface area contributed by atoms with Crippen molar-refractivity contribution in [3.05, 3.63) is 127 Å². The van der Waals surface area contributed by atoms with Crippen molar-refractivity contribution in [3.63, 3.8) is 0 Å². The molecule has 0 unspecified atom stereocenters. The number of carbonyl (C=O) groups is 11. The minimum Gasteiger partial charge on any atom is -0.489 e. The standard InChI is InChI=1S/C79H102O19/c1-10-17-21-25-68(83)53-37-57-45-59-39-54(69(84)26-22-18-11-2)41-61(76(59)95-33-30-92-73(88)50-66(81)15-6)47-63-43-56(71(86)28-24-20-13-4)44-64(78(63)97-35-36-98-79(90)52(8)9)48-62-42-55(70(85)27-23-19-12-3)40-60(77(62)96-34-31-93-74(89)51-67(82)16-7)46-58(38-53)75(57)94-32-29-91-72(87)49-65(80)14-5/h37-44H,8,10-36,45-51H2,1-7,9H3. The largest absolute Gasteiger partial charge is 0.489 e. The second-order valence-corrected chi connectivity index (χ2v) is 24.9. The summed E-state index contributed by atoms with van der Waals surface area (Å²) in [5.41, 5.74) is 4.93. The number of Topliss-reactive ketones (excluding diaryl/α,β-unsaturated/α-hetero) is 7. The van der Waals surface area contributed by atoms with Crippen LogP contribution in [0.25, 0.3) is 0 Å². The SMILES string of the molecule is C=C(C)C(=O)OCCOc1c2cc(C(=O)CCCCC)cc1Cc1cc(C(=O)CCCCC)cc(c1OCCOC(=O)CC(=O)CC)Cc1cc(C(=O)CCCCC)cc(c1OCCOC(=O)CC(=O)CC)Cc1cc(C(=O)CCCCC)cc(c1OCCOC(=O)CC(=O)CC)C2. The van der Waals surface area contributed by atoms with Gasteiger partial charge in [-0.15, -0.1) is 0 Å². The minimum absolute atomic E-state index is 0.0832. The van der Waals surface area contributed by atoms with Gasteiger partial charge in [-0.2, -0.15) is 0 Å². The van der Waals surface area contributed by atoms with Crippen molar-refractivity contribution in [1.82, 2.24) is 0 Å². The Morgan fingerprint density at radius 3 is 0.724 bits per heavy atom. The molecule has 19 nitrogen and oxygen atoms in total. The maximum absolute atomic E-state index is 14.8. The summed E-state index contributed by atoms with van der Waals surface area (Å²) in [6, 6.07) is 13.9. The van der Waals surface area contributed by atoms with Crippen LogP contribution in [0.2, 0.25) is 0 Å². The summed E-state index contributed by atoms with van der Waals surface area (Å²) in [5.74, 6) is -3.51. The Morgan fingerprint density at radius 1 is 0.316 bits per heavy atom. The van der Waals surface area contributed by atoms with Crippen LogP contribution in [-0.4, -0.2) is 117 Å².